The highest BCUT2D eigenvalue weighted by Crippen LogP contribution is 2.14. The van der Waals surface area contributed by atoms with Gasteiger partial charge in [0.2, 0.25) is 41.4 Å². The summed E-state index contributed by atoms with van der Waals surface area (Å²) in [5.74, 6) is -9.27. The van der Waals surface area contributed by atoms with Crippen LogP contribution in [0.3, 0.4) is 0 Å². The second-order valence-corrected chi connectivity index (χ2v) is 14.9. The predicted octanol–water partition coefficient (Wildman–Crippen LogP) is -3.90. The molecule has 0 aliphatic carbocycles. The third-order valence-corrected chi connectivity index (χ3v) is 8.72. The van der Waals surface area contributed by atoms with Gasteiger partial charge in [-0.25, -0.2) is 4.79 Å². The number of phenolic OH excluding ortho intramolecular Hbond substituents is 1. The standard InChI is InChI=1S/C37H60N8O13/c1-17(2)12-23(40-31(51)24(13-21-8-10-22(49)11-9-21)41-33(53)25(15-46)39-27(50)14-38)32(52)43-28(18(3)4)35(55)45-30(20(7)48)36(56)42-26(16-47)34(54)44-29(19(5)6)37(57)58/h8-11,17-20,23-26,28-30,46-49H,12-16,38H2,1-7H3,(H,39,50)(H,40,51)(H,41,53)(H,42,56)(H,43,52)(H,44,54)(H,45,55)(H,57,58)/t20-,23+,24+,25+,26+,28+,29+,30+/m1/s1. The van der Waals surface area contributed by atoms with Gasteiger partial charge in [-0.15, -0.1) is 0 Å². The number of rotatable bonds is 24. The van der Waals surface area contributed by atoms with E-state index in [9.17, 15) is 63.9 Å². The zero-order valence-electron chi connectivity index (χ0n) is 33.8. The van der Waals surface area contributed by atoms with Gasteiger partial charge < -0.3 is 68.5 Å². The highest BCUT2D eigenvalue weighted by Gasteiger charge is 2.36. The fraction of sp³-hybridized carbons (Fsp3) is 0.622. The van der Waals surface area contributed by atoms with Crippen molar-refractivity contribution in [2.75, 3.05) is 19.8 Å². The number of nitrogens with one attached hydrogen (secondary N) is 7. The summed E-state index contributed by atoms with van der Waals surface area (Å²) in [6.07, 6.45) is -1.69. The molecule has 21 heteroatoms. The largest absolute Gasteiger partial charge is 0.508 e. The van der Waals surface area contributed by atoms with Crippen LogP contribution in [0.15, 0.2) is 24.3 Å². The van der Waals surface area contributed by atoms with Gasteiger partial charge >= 0.3 is 5.97 Å². The maximum Gasteiger partial charge on any atom is 0.326 e. The van der Waals surface area contributed by atoms with Crippen molar-refractivity contribution < 1.29 is 63.9 Å². The molecule has 0 heterocycles. The van der Waals surface area contributed by atoms with Gasteiger partial charge in [0.15, 0.2) is 0 Å². The van der Waals surface area contributed by atoms with Crippen LogP contribution in [0.1, 0.15) is 60.5 Å². The highest BCUT2D eigenvalue weighted by molar-refractivity contribution is 5.97. The molecule has 0 aliphatic rings. The molecule has 21 nitrogen and oxygen atoms in total. The van der Waals surface area contributed by atoms with Crippen LogP contribution >= 0.6 is 0 Å². The molecule has 0 aliphatic heterocycles. The Morgan fingerprint density at radius 1 is 0.569 bits per heavy atom. The van der Waals surface area contributed by atoms with Crippen LogP contribution in [-0.2, 0) is 44.8 Å². The summed E-state index contributed by atoms with van der Waals surface area (Å²) in [7, 11) is 0. The number of amides is 7. The molecule has 0 bridgehead atoms. The van der Waals surface area contributed by atoms with Gasteiger partial charge in [-0.2, -0.15) is 0 Å². The number of phenols is 1. The van der Waals surface area contributed by atoms with Gasteiger partial charge in [-0.3, -0.25) is 33.6 Å². The predicted molar refractivity (Wildman–Crippen MR) is 207 cm³/mol. The first kappa shape index (κ1) is 50.6. The normalized spacial score (nSPS) is 15.4. The van der Waals surface area contributed by atoms with Crippen molar-refractivity contribution in [3.8, 4) is 5.75 Å². The van der Waals surface area contributed by atoms with E-state index in [1.807, 2.05) is 0 Å². The molecular weight excluding hydrogens is 764 g/mol. The third-order valence-electron chi connectivity index (χ3n) is 8.72. The lowest BCUT2D eigenvalue weighted by Crippen LogP contribution is -2.63. The maximum atomic E-state index is 13.8. The maximum absolute atomic E-state index is 13.8. The SMILES string of the molecule is CC(C)C[C@H](NC(=O)[C@H](Cc1ccc(O)cc1)NC(=O)[C@H](CO)NC(=O)CN)C(=O)N[C@H](C(=O)N[C@H](C(=O)N[C@@H](CO)C(=O)N[C@H](C(=O)O)C(C)C)[C@@H](C)O)C(C)C. The zero-order valence-corrected chi connectivity index (χ0v) is 33.8. The average Bonchev–Trinajstić information content (AvgIpc) is 3.14. The molecule has 0 radical (unpaired) electrons. The number of aliphatic carboxylic acids is 1. The molecule has 0 spiro atoms. The van der Waals surface area contributed by atoms with E-state index in [1.54, 1.807) is 27.7 Å². The Kier molecular flexibility index (Phi) is 21.3. The summed E-state index contributed by atoms with van der Waals surface area (Å²) in [6, 6.07) is -4.55. The molecule has 326 valence electrons. The van der Waals surface area contributed by atoms with E-state index in [1.165, 1.54) is 38.1 Å². The Bertz CT molecular complexity index is 1570. The Morgan fingerprint density at radius 3 is 1.45 bits per heavy atom. The summed E-state index contributed by atoms with van der Waals surface area (Å²) in [5, 5.41) is 65.7. The Hall–Kier alpha value is -5.38. The fourth-order valence-corrected chi connectivity index (χ4v) is 5.43. The zero-order chi connectivity index (χ0) is 44.4. The molecule has 0 fully saturated rings. The summed E-state index contributed by atoms with van der Waals surface area (Å²) in [5.41, 5.74) is 5.79. The van der Waals surface area contributed by atoms with E-state index < -0.39 is 127 Å². The molecule has 14 N–H and O–H groups in total. The van der Waals surface area contributed by atoms with E-state index in [4.69, 9.17) is 5.73 Å². The second kappa shape index (κ2) is 24.4. The Morgan fingerprint density at radius 2 is 0.983 bits per heavy atom. The first-order chi connectivity index (χ1) is 27.1. The van der Waals surface area contributed by atoms with Crippen LogP contribution in [0.4, 0.5) is 0 Å². The molecular formula is C37H60N8O13. The van der Waals surface area contributed by atoms with E-state index in [2.05, 4.69) is 37.2 Å². The van der Waals surface area contributed by atoms with E-state index in [0.717, 1.165) is 6.92 Å². The van der Waals surface area contributed by atoms with Gasteiger partial charge in [0.1, 0.15) is 48.0 Å². The minimum atomic E-state index is -1.72. The lowest BCUT2D eigenvalue weighted by Gasteiger charge is -2.30. The van der Waals surface area contributed by atoms with Crippen LogP contribution in [0.5, 0.6) is 5.75 Å². The quantitative estimate of drug-likeness (QED) is 0.0474. The Balaban J connectivity index is 3.31. The number of carboxylic acid groups (broad SMARTS) is 1. The number of carbonyl (C=O) groups excluding carboxylic acids is 7. The minimum Gasteiger partial charge on any atom is -0.508 e. The first-order valence-electron chi connectivity index (χ1n) is 18.8. The number of nitrogens with two attached hydrogens (primary N) is 1. The Labute approximate surface area is 336 Å². The first-order valence-corrected chi connectivity index (χ1v) is 18.8. The van der Waals surface area contributed by atoms with E-state index >= 15 is 0 Å². The summed E-state index contributed by atoms with van der Waals surface area (Å²) < 4.78 is 0. The van der Waals surface area contributed by atoms with E-state index in [-0.39, 0.29) is 24.5 Å². The molecule has 0 aromatic heterocycles. The molecule has 1 rings (SSSR count). The number of carbonyl (C=O) groups is 8. The number of benzene rings is 1. The molecule has 8 atom stereocenters. The van der Waals surface area contributed by atoms with Crippen LogP contribution in [0, 0.1) is 17.8 Å². The number of hydrogen-bond acceptors (Lipinski definition) is 13. The number of hydrogen-bond donors (Lipinski definition) is 13. The molecule has 0 saturated carbocycles. The van der Waals surface area contributed by atoms with Crippen LogP contribution in [0.25, 0.3) is 0 Å². The monoisotopic (exact) mass is 824 g/mol. The molecule has 7 amide bonds. The van der Waals surface area contributed by atoms with Crippen LogP contribution in [-0.4, -0.2) is 141 Å². The van der Waals surface area contributed by atoms with Crippen molar-refractivity contribution in [2.45, 2.75) is 110 Å². The van der Waals surface area contributed by atoms with Gasteiger partial charge in [0.05, 0.1) is 25.9 Å². The minimum absolute atomic E-state index is 0.0402. The highest BCUT2D eigenvalue weighted by atomic mass is 16.4. The van der Waals surface area contributed by atoms with Crippen LogP contribution < -0.4 is 43.0 Å². The summed E-state index contributed by atoms with van der Waals surface area (Å²) in [6.45, 7) is 8.63. The van der Waals surface area contributed by atoms with Crippen molar-refractivity contribution in [1.82, 2.24) is 37.2 Å². The van der Waals surface area contributed by atoms with Gasteiger partial charge in [-0.1, -0.05) is 53.7 Å². The van der Waals surface area contributed by atoms with Crippen molar-refractivity contribution in [3.63, 3.8) is 0 Å². The number of carboxylic acids is 1. The number of aliphatic hydroxyl groups excluding tert-OH is 3. The third kappa shape index (κ3) is 16.6. The number of aromatic hydroxyl groups is 1. The van der Waals surface area contributed by atoms with Gasteiger partial charge in [0.25, 0.3) is 0 Å². The molecule has 58 heavy (non-hydrogen) atoms. The summed E-state index contributed by atoms with van der Waals surface area (Å²) in [4.78, 5) is 104. The van der Waals surface area contributed by atoms with E-state index in [0.29, 0.717) is 5.56 Å². The van der Waals surface area contributed by atoms with Crippen LogP contribution in [0.2, 0.25) is 0 Å². The summed E-state index contributed by atoms with van der Waals surface area (Å²) >= 11 is 0. The van der Waals surface area contributed by atoms with Crippen molar-refractivity contribution in [2.24, 2.45) is 23.5 Å². The van der Waals surface area contributed by atoms with Gasteiger partial charge in [-0.05, 0) is 48.8 Å². The molecule has 1 aromatic rings. The molecule has 0 unspecified atom stereocenters. The van der Waals surface area contributed by atoms with Gasteiger partial charge in [0, 0.05) is 6.42 Å². The fourth-order valence-electron chi connectivity index (χ4n) is 5.43. The lowest BCUT2D eigenvalue weighted by molar-refractivity contribution is -0.144. The topological polar surface area (TPSA) is 348 Å². The number of aliphatic hydroxyl groups is 3. The van der Waals surface area contributed by atoms with Crippen molar-refractivity contribution >= 4 is 47.3 Å². The molecule has 1 aromatic carbocycles. The smallest absolute Gasteiger partial charge is 0.326 e. The van der Waals surface area contributed by atoms with Crippen molar-refractivity contribution in [1.29, 1.82) is 0 Å². The molecule has 0 saturated heterocycles. The second-order valence-electron chi connectivity index (χ2n) is 14.9. The lowest BCUT2D eigenvalue weighted by atomic mass is 9.98. The average molecular weight is 825 g/mol. The van der Waals surface area contributed by atoms with Crippen molar-refractivity contribution in [3.05, 3.63) is 29.8 Å².